The van der Waals surface area contributed by atoms with E-state index in [9.17, 15) is 13.2 Å². The van der Waals surface area contributed by atoms with E-state index in [0.29, 0.717) is 5.19 Å². The minimum Gasteiger partial charge on any atom is -0.166 e. The van der Waals surface area contributed by atoms with E-state index < -0.39 is 19.8 Å². The van der Waals surface area contributed by atoms with E-state index in [2.05, 4.69) is 6.55 Å². The van der Waals surface area contributed by atoms with Crippen LogP contribution in [-0.2, 0) is 6.18 Å². The summed E-state index contributed by atoms with van der Waals surface area (Å²) in [4.78, 5) is 0. The smallest absolute Gasteiger partial charge is 0.166 e. The highest BCUT2D eigenvalue weighted by Gasteiger charge is 2.43. The summed E-state index contributed by atoms with van der Waals surface area (Å²) < 4.78 is 38.3. The second kappa shape index (κ2) is 3.37. The van der Waals surface area contributed by atoms with Crippen molar-refractivity contribution in [3.8, 4) is 0 Å². The molecule has 2 rings (SSSR count). The van der Waals surface area contributed by atoms with Gasteiger partial charge < -0.3 is 0 Å². The van der Waals surface area contributed by atoms with Crippen LogP contribution in [0.15, 0.2) is 24.3 Å². The highest BCUT2D eigenvalue weighted by atomic mass is 28.3. The fourth-order valence-corrected chi connectivity index (χ4v) is 5.56. The molecule has 0 nitrogen and oxygen atoms in total. The van der Waals surface area contributed by atoms with Gasteiger partial charge in [0.15, 0.2) is 0 Å². The monoisotopic (exact) mass is 230 g/mol. The van der Waals surface area contributed by atoms with Crippen LogP contribution in [0.25, 0.3) is 0 Å². The van der Waals surface area contributed by atoms with E-state index in [4.69, 9.17) is 0 Å². The standard InChI is InChI=1S/C11H13F3Si/c1-15(7-4-8-15)10-6-3-2-5-9(10)11(12,13)14/h2-3,5-6H,4,7-8H2,1H3. The first-order valence-electron chi connectivity index (χ1n) is 5.10. The number of halogens is 3. The molecule has 1 saturated heterocycles. The van der Waals surface area contributed by atoms with E-state index >= 15 is 0 Å². The Labute approximate surface area is 88.1 Å². The van der Waals surface area contributed by atoms with Gasteiger partial charge in [0.2, 0.25) is 0 Å². The van der Waals surface area contributed by atoms with Gasteiger partial charge in [-0.05, 0) is 5.19 Å². The first kappa shape index (κ1) is 10.7. The SMILES string of the molecule is C[Si]1(c2ccccc2C(F)(F)F)CCC1. The Hall–Kier alpha value is -0.773. The number of hydrogen-bond donors (Lipinski definition) is 0. The molecule has 1 aromatic carbocycles. The lowest BCUT2D eigenvalue weighted by atomic mass is 10.2. The van der Waals surface area contributed by atoms with Crippen LogP contribution in [0.3, 0.4) is 0 Å². The van der Waals surface area contributed by atoms with Gasteiger partial charge in [-0.25, -0.2) is 0 Å². The van der Waals surface area contributed by atoms with Gasteiger partial charge in [0, 0.05) is 0 Å². The molecule has 1 aliphatic heterocycles. The molecule has 0 spiro atoms. The van der Waals surface area contributed by atoms with Crippen LogP contribution in [0.5, 0.6) is 0 Å². The molecule has 1 aromatic rings. The van der Waals surface area contributed by atoms with E-state index in [1.54, 1.807) is 12.1 Å². The lowest BCUT2D eigenvalue weighted by molar-refractivity contribution is -0.136. The van der Waals surface area contributed by atoms with E-state index in [1.165, 1.54) is 12.1 Å². The van der Waals surface area contributed by atoms with Crippen molar-refractivity contribution in [2.24, 2.45) is 0 Å². The molecule has 15 heavy (non-hydrogen) atoms. The molecule has 0 amide bonds. The first-order chi connectivity index (χ1) is 6.93. The predicted octanol–water partition coefficient (Wildman–Crippen LogP) is 3.39. The first-order valence-corrected chi connectivity index (χ1v) is 8.02. The number of benzene rings is 1. The summed E-state index contributed by atoms with van der Waals surface area (Å²) >= 11 is 0. The van der Waals surface area contributed by atoms with E-state index in [-0.39, 0.29) is 0 Å². The van der Waals surface area contributed by atoms with Gasteiger partial charge in [0.05, 0.1) is 13.6 Å². The topological polar surface area (TPSA) is 0 Å². The van der Waals surface area contributed by atoms with Crippen molar-refractivity contribution in [3.05, 3.63) is 29.8 Å². The molecule has 0 bridgehead atoms. The van der Waals surface area contributed by atoms with E-state index in [0.717, 1.165) is 18.5 Å². The predicted molar refractivity (Wildman–Crippen MR) is 56.9 cm³/mol. The molecular formula is C11H13F3Si. The van der Waals surface area contributed by atoms with Crippen molar-refractivity contribution < 1.29 is 13.2 Å². The van der Waals surface area contributed by atoms with Gasteiger partial charge in [-0.15, -0.1) is 0 Å². The summed E-state index contributed by atoms with van der Waals surface area (Å²) in [6.45, 7) is 2.06. The highest BCUT2D eigenvalue weighted by molar-refractivity contribution is 6.93. The zero-order valence-corrected chi connectivity index (χ0v) is 9.56. The van der Waals surface area contributed by atoms with Crippen LogP contribution in [0.4, 0.5) is 13.2 Å². The van der Waals surface area contributed by atoms with Crippen molar-refractivity contribution in [1.29, 1.82) is 0 Å². The minimum absolute atomic E-state index is 0.404. The number of rotatable bonds is 1. The molecule has 0 radical (unpaired) electrons. The third kappa shape index (κ3) is 1.82. The van der Waals surface area contributed by atoms with Gasteiger partial charge in [0.1, 0.15) is 0 Å². The van der Waals surface area contributed by atoms with Gasteiger partial charge in [-0.1, -0.05) is 49.3 Å². The van der Waals surface area contributed by atoms with Crippen molar-refractivity contribution in [3.63, 3.8) is 0 Å². The van der Waals surface area contributed by atoms with Crippen LogP contribution >= 0.6 is 0 Å². The molecule has 0 unspecified atom stereocenters. The van der Waals surface area contributed by atoms with Gasteiger partial charge in [0.25, 0.3) is 0 Å². The van der Waals surface area contributed by atoms with Crippen molar-refractivity contribution in [1.82, 2.24) is 0 Å². The summed E-state index contributed by atoms with van der Waals surface area (Å²) in [5.41, 5.74) is -0.404. The van der Waals surface area contributed by atoms with E-state index in [1.807, 2.05) is 0 Å². The van der Waals surface area contributed by atoms with Crippen molar-refractivity contribution >= 4 is 13.3 Å². The average molecular weight is 230 g/mol. The van der Waals surface area contributed by atoms with Crippen molar-refractivity contribution in [2.45, 2.75) is 31.2 Å². The van der Waals surface area contributed by atoms with Gasteiger partial charge in [-0.3, -0.25) is 0 Å². The molecule has 1 aliphatic rings. The molecule has 0 aliphatic carbocycles. The molecule has 4 heteroatoms. The zero-order chi connectivity index (χ0) is 11.1. The number of alkyl halides is 3. The number of hydrogen-bond acceptors (Lipinski definition) is 0. The summed E-state index contributed by atoms with van der Waals surface area (Å²) in [6, 6.07) is 8.09. The summed E-state index contributed by atoms with van der Waals surface area (Å²) in [5.74, 6) is 0. The fourth-order valence-electron chi connectivity index (χ4n) is 2.23. The van der Waals surface area contributed by atoms with Gasteiger partial charge in [-0.2, -0.15) is 13.2 Å². The maximum atomic E-state index is 12.8. The van der Waals surface area contributed by atoms with Crippen LogP contribution < -0.4 is 5.19 Å². The second-order valence-corrected chi connectivity index (χ2v) is 9.12. The maximum Gasteiger partial charge on any atom is 0.416 e. The Kier molecular flexibility index (Phi) is 2.41. The maximum absolute atomic E-state index is 12.8. The van der Waals surface area contributed by atoms with Crippen LogP contribution in [0.1, 0.15) is 12.0 Å². The third-order valence-electron chi connectivity index (χ3n) is 3.34. The Balaban J connectivity index is 2.47. The Morgan fingerprint density at radius 3 is 2.20 bits per heavy atom. The molecule has 0 N–H and O–H groups in total. The Bertz CT molecular complexity index is 366. The molecule has 0 atom stereocenters. The summed E-state index contributed by atoms with van der Waals surface area (Å²) in [6.07, 6.45) is -3.10. The summed E-state index contributed by atoms with van der Waals surface area (Å²) in [5, 5.41) is 0.601. The van der Waals surface area contributed by atoms with Crippen molar-refractivity contribution in [2.75, 3.05) is 0 Å². The van der Waals surface area contributed by atoms with Gasteiger partial charge >= 0.3 is 6.18 Å². The van der Waals surface area contributed by atoms with Crippen LogP contribution in [0.2, 0.25) is 18.6 Å². The molecule has 0 aromatic heterocycles. The second-order valence-electron chi connectivity index (χ2n) is 4.46. The summed E-state index contributed by atoms with van der Waals surface area (Å²) in [7, 11) is -1.75. The van der Waals surface area contributed by atoms with Crippen LogP contribution in [0, 0.1) is 0 Å². The lowest BCUT2D eigenvalue weighted by Gasteiger charge is -2.38. The Morgan fingerprint density at radius 1 is 1.13 bits per heavy atom. The molecule has 0 saturated carbocycles. The molecule has 82 valence electrons. The van der Waals surface area contributed by atoms with Crippen LogP contribution in [-0.4, -0.2) is 8.07 Å². The molecule has 1 fully saturated rings. The molecular weight excluding hydrogens is 217 g/mol. The zero-order valence-electron chi connectivity index (χ0n) is 8.56. The fraction of sp³-hybridized carbons (Fsp3) is 0.455. The Morgan fingerprint density at radius 2 is 1.73 bits per heavy atom. The highest BCUT2D eigenvalue weighted by Crippen LogP contribution is 2.36. The third-order valence-corrected chi connectivity index (χ3v) is 7.99. The minimum atomic E-state index is -4.19. The average Bonchev–Trinajstić information content (AvgIpc) is 2.13. The quantitative estimate of drug-likeness (QED) is 0.649. The normalized spacial score (nSPS) is 19.7. The lowest BCUT2D eigenvalue weighted by Crippen LogP contribution is -2.52. The largest absolute Gasteiger partial charge is 0.416 e. The molecule has 1 heterocycles.